The van der Waals surface area contributed by atoms with E-state index in [9.17, 15) is 4.79 Å². The molecule has 0 aliphatic heterocycles. The third kappa shape index (κ3) is 2.48. The van der Waals surface area contributed by atoms with Gasteiger partial charge in [0.1, 0.15) is 0 Å². The molecule has 0 spiro atoms. The summed E-state index contributed by atoms with van der Waals surface area (Å²) in [5, 5.41) is 9.78. The highest BCUT2D eigenvalue weighted by Gasteiger charge is 2.11. The number of hydrogen-bond donors (Lipinski definition) is 1. The Morgan fingerprint density at radius 3 is 2.35 bits per heavy atom. The maximum atomic E-state index is 11.1. The number of aryl methyl sites for hydroxylation is 1. The molecular formula is C14H11ClO2. The summed E-state index contributed by atoms with van der Waals surface area (Å²) in [5.74, 6) is -0.921. The molecule has 17 heavy (non-hydrogen) atoms. The van der Waals surface area contributed by atoms with E-state index >= 15 is 0 Å². The minimum absolute atomic E-state index is 0.304. The number of rotatable bonds is 2. The summed E-state index contributed by atoms with van der Waals surface area (Å²) in [6.45, 7) is 1.94. The van der Waals surface area contributed by atoms with Crippen LogP contribution in [0, 0.1) is 6.92 Å². The molecule has 3 heteroatoms. The van der Waals surface area contributed by atoms with Crippen LogP contribution in [0.3, 0.4) is 0 Å². The number of benzene rings is 2. The molecule has 0 atom stereocenters. The summed E-state index contributed by atoms with van der Waals surface area (Å²) < 4.78 is 0. The molecular weight excluding hydrogens is 236 g/mol. The van der Waals surface area contributed by atoms with Crippen LogP contribution < -0.4 is 0 Å². The molecule has 0 aliphatic rings. The standard InChI is InChI=1S/C14H11ClO2/c1-9-2-7-12(14(16)17)13(8-9)10-3-5-11(15)6-4-10/h2-8H,1H3,(H,16,17). The third-order valence-corrected chi connectivity index (χ3v) is 2.81. The summed E-state index contributed by atoms with van der Waals surface area (Å²) in [4.78, 5) is 11.1. The van der Waals surface area contributed by atoms with Crippen molar-refractivity contribution in [2.45, 2.75) is 6.92 Å². The molecule has 86 valence electrons. The first-order valence-corrected chi connectivity index (χ1v) is 5.55. The zero-order valence-electron chi connectivity index (χ0n) is 9.27. The Bertz CT molecular complexity index is 559. The van der Waals surface area contributed by atoms with Crippen molar-refractivity contribution in [2.24, 2.45) is 0 Å². The molecule has 2 aromatic carbocycles. The molecule has 2 rings (SSSR count). The van der Waals surface area contributed by atoms with E-state index in [1.807, 2.05) is 25.1 Å². The van der Waals surface area contributed by atoms with Crippen molar-refractivity contribution in [3.05, 3.63) is 58.6 Å². The molecule has 0 heterocycles. The predicted molar refractivity (Wildman–Crippen MR) is 68.6 cm³/mol. The maximum Gasteiger partial charge on any atom is 0.336 e. The van der Waals surface area contributed by atoms with Crippen LogP contribution in [-0.4, -0.2) is 11.1 Å². The molecule has 0 unspecified atom stereocenters. The lowest BCUT2D eigenvalue weighted by Crippen LogP contribution is -1.99. The van der Waals surface area contributed by atoms with Crippen LogP contribution in [0.2, 0.25) is 5.02 Å². The minimum Gasteiger partial charge on any atom is -0.478 e. The van der Waals surface area contributed by atoms with Gasteiger partial charge >= 0.3 is 5.97 Å². The highest BCUT2D eigenvalue weighted by Crippen LogP contribution is 2.26. The first-order valence-electron chi connectivity index (χ1n) is 5.18. The summed E-state index contributed by atoms with van der Waals surface area (Å²) in [5.41, 5.74) is 2.91. The molecule has 2 nitrogen and oxygen atoms in total. The van der Waals surface area contributed by atoms with Gasteiger partial charge in [0.05, 0.1) is 5.56 Å². The van der Waals surface area contributed by atoms with Crippen LogP contribution in [-0.2, 0) is 0 Å². The van der Waals surface area contributed by atoms with E-state index < -0.39 is 5.97 Å². The summed E-state index contributed by atoms with van der Waals surface area (Å²) in [6, 6.07) is 12.4. The van der Waals surface area contributed by atoms with E-state index in [4.69, 9.17) is 16.7 Å². The second-order valence-corrected chi connectivity index (χ2v) is 4.30. The largest absolute Gasteiger partial charge is 0.478 e. The monoisotopic (exact) mass is 246 g/mol. The van der Waals surface area contributed by atoms with Crippen molar-refractivity contribution < 1.29 is 9.90 Å². The molecule has 2 aromatic rings. The molecule has 1 N–H and O–H groups in total. The summed E-state index contributed by atoms with van der Waals surface area (Å²) >= 11 is 5.82. The Balaban J connectivity index is 2.60. The van der Waals surface area contributed by atoms with Crippen LogP contribution >= 0.6 is 11.6 Å². The summed E-state index contributed by atoms with van der Waals surface area (Å²) in [7, 11) is 0. The van der Waals surface area contributed by atoms with Gasteiger partial charge in [-0.3, -0.25) is 0 Å². The SMILES string of the molecule is Cc1ccc(C(=O)O)c(-c2ccc(Cl)cc2)c1. The Kier molecular flexibility index (Phi) is 3.16. The fourth-order valence-corrected chi connectivity index (χ4v) is 1.84. The molecule has 0 fully saturated rings. The predicted octanol–water partition coefficient (Wildman–Crippen LogP) is 4.01. The van der Waals surface area contributed by atoms with Gasteiger partial charge in [-0.15, -0.1) is 0 Å². The van der Waals surface area contributed by atoms with E-state index in [-0.39, 0.29) is 0 Å². The average Bonchev–Trinajstić information content (AvgIpc) is 2.29. The highest BCUT2D eigenvalue weighted by atomic mass is 35.5. The first kappa shape index (κ1) is 11.7. The van der Waals surface area contributed by atoms with Gasteiger partial charge in [0, 0.05) is 5.02 Å². The highest BCUT2D eigenvalue weighted by molar-refractivity contribution is 6.30. The zero-order valence-corrected chi connectivity index (χ0v) is 10.0. The van der Waals surface area contributed by atoms with E-state index in [2.05, 4.69) is 0 Å². The van der Waals surface area contributed by atoms with Gasteiger partial charge in [0.25, 0.3) is 0 Å². The molecule has 0 radical (unpaired) electrons. The Morgan fingerprint density at radius 1 is 1.12 bits per heavy atom. The van der Waals surface area contributed by atoms with Crippen LogP contribution in [0.15, 0.2) is 42.5 Å². The van der Waals surface area contributed by atoms with Gasteiger partial charge in [-0.25, -0.2) is 4.79 Å². The van der Waals surface area contributed by atoms with Crippen molar-refractivity contribution in [3.8, 4) is 11.1 Å². The summed E-state index contributed by atoms with van der Waals surface area (Å²) in [6.07, 6.45) is 0. The molecule has 0 bridgehead atoms. The Labute approximate surface area is 104 Å². The number of hydrogen-bond acceptors (Lipinski definition) is 1. The Hall–Kier alpha value is -1.80. The van der Waals surface area contributed by atoms with Gasteiger partial charge < -0.3 is 5.11 Å². The van der Waals surface area contributed by atoms with E-state index in [0.29, 0.717) is 16.1 Å². The second kappa shape index (κ2) is 4.60. The fourth-order valence-electron chi connectivity index (χ4n) is 1.71. The molecule has 0 saturated heterocycles. The van der Waals surface area contributed by atoms with Gasteiger partial charge in [-0.1, -0.05) is 41.4 Å². The topological polar surface area (TPSA) is 37.3 Å². The normalized spacial score (nSPS) is 10.2. The van der Waals surface area contributed by atoms with Gasteiger partial charge in [-0.05, 0) is 36.2 Å². The molecule has 0 aromatic heterocycles. The van der Waals surface area contributed by atoms with E-state index in [1.165, 1.54) is 0 Å². The average molecular weight is 247 g/mol. The quantitative estimate of drug-likeness (QED) is 0.869. The minimum atomic E-state index is -0.921. The smallest absolute Gasteiger partial charge is 0.336 e. The molecule has 0 saturated carbocycles. The number of carboxylic acids is 1. The lowest BCUT2D eigenvalue weighted by Gasteiger charge is -2.07. The zero-order chi connectivity index (χ0) is 12.4. The molecule has 0 aliphatic carbocycles. The Morgan fingerprint density at radius 2 is 1.76 bits per heavy atom. The van der Waals surface area contributed by atoms with Gasteiger partial charge in [0.15, 0.2) is 0 Å². The van der Waals surface area contributed by atoms with Crippen LogP contribution in [0.1, 0.15) is 15.9 Å². The number of aromatic carboxylic acids is 1. The van der Waals surface area contributed by atoms with Gasteiger partial charge in [-0.2, -0.15) is 0 Å². The van der Waals surface area contributed by atoms with Crippen molar-refractivity contribution in [2.75, 3.05) is 0 Å². The van der Waals surface area contributed by atoms with E-state index in [0.717, 1.165) is 11.1 Å². The lowest BCUT2D eigenvalue weighted by atomic mass is 9.98. The van der Waals surface area contributed by atoms with Crippen LogP contribution in [0.5, 0.6) is 0 Å². The number of carboxylic acid groups (broad SMARTS) is 1. The fraction of sp³-hybridized carbons (Fsp3) is 0.0714. The van der Waals surface area contributed by atoms with Crippen molar-refractivity contribution in [1.29, 1.82) is 0 Å². The van der Waals surface area contributed by atoms with Crippen LogP contribution in [0.25, 0.3) is 11.1 Å². The number of carbonyl (C=O) groups is 1. The lowest BCUT2D eigenvalue weighted by molar-refractivity contribution is 0.0698. The first-order chi connectivity index (χ1) is 8.08. The van der Waals surface area contributed by atoms with Gasteiger partial charge in [0.2, 0.25) is 0 Å². The maximum absolute atomic E-state index is 11.1. The van der Waals surface area contributed by atoms with Crippen LogP contribution in [0.4, 0.5) is 0 Å². The van der Waals surface area contributed by atoms with Crippen molar-refractivity contribution >= 4 is 17.6 Å². The number of halogens is 1. The molecule has 0 amide bonds. The third-order valence-electron chi connectivity index (χ3n) is 2.56. The second-order valence-electron chi connectivity index (χ2n) is 3.86. The van der Waals surface area contributed by atoms with Crippen molar-refractivity contribution in [1.82, 2.24) is 0 Å². The van der Waals surface area contributed by atoms with Crippen molar-refractivity contribution in [3.63, 3.8) is 0 Å². The van der Waals surface area contributed by atoms with E-state index in [1.54, 1.807) is 24.3 Å².